The van der Waals surface area contributed by atoms with E-state index in [0.29, 0.717) is 0 Å². The summed E-state index contributed by atoms with van der Waals surface area (Å²) >= 11 is 0. The Bertz CT molecular complexity index is 583. The first-order valence-electron chi connectivity index (χ1n) is 4.08. The van der Waals surface area contributed by atoms with Gasteiger partial charge in [0.1, 0.15) is 6.33 Å². The fourth-order valence-electron chi connectivity index (χ4n) is 1.18. The minimum atomic E-state index is -0.443. The molecule has 0 saturated carbocycles. The van der Waals surface area contributed by atoms with E-state index in [2.05, 4.69) is 20.4 Å². The fourth-order valence-corrected chi connectivity index (χ4v) is 1.18. The molecule has 4 N–H and O–H groups in total. The molecule has 2 heterocycles. The maximum absolute atomic E-state index is 11.3. The minimum Gasteiger partial charge on any atom is -0.369 e. The number of aromatic nitrogens is 4. The Kier molecular flexibility index (Phi) is 1.89. The van der Waals surface area contributed by atoms with Crippen LogP contribution in [0.25, 0.3) is 11.2 Å². The maximum atomic E-state index is 11.3. The second-order valence-corrected chi connectivity index (χ2v) is 2.91. The van der Waals surface area contributed by atoms with Gasteiger partial charge in [0.25, 0.3) is 5.56 Å². The summed E-state index contributed by atoms with van der Waals surface area (Å²) in [4.78, 5) is 32.1. The van der Waals surface area contributed by atoms with Gasteiger partial charge in [-0.2, -0.15) is 4.98 Å². The number of hydrogen-bond donors (Lipinski definition) is 3. The first-order valence-corrected chi connectivity index (χ1v) is 4.08. The molecule has 0 aliphatic rings. The molecule has 0 radical (unpaired) electrons. The van der Waals surface area contributed by atoms with Crippen molar-refractivity contribution in [1.29, 1.82) is 0 Å². The van der Waals surface area contributed by atoms with Gasteiger partial charge < -0.3 is 5.73 Å². The molecule has 0 saturated heterocycles. The van der Waals surface area contributed by atoms with Crippen LogP contribution in [0, 0.1) is 0 Å². The van der Waals surface area contributed by atoms with E-state index in [9.17, 15) is 9.59 Å². The van der Waals surface area contributed by atoms with Crippen LogP contribution in [-0.2, 0) is 4.79 Å². The van der Waals surface area contributed by atoms with E-state index in [0.717, 1.165) is 0 Å². The summed E-state index contributed by atoms with van der Waals surface area (Å²) in [5.41, 5.74) is 7.68. The summed E-state index contributed by atoms with van der Waals surface area (Å²) in [6.07, 6.45) is 1.29. The Morgan fingerprint density at radius 3 is 3.07 bits per heavy atom. The number of nitrogens with two attached hydrogens (primary N) is 1. The Hall–Kier alpha value is -2.38. The minimum absolute atomic E-state index is 0.0281. The standard InChI is InChI=1S/C7H8N6O2/c1-3(14)12-13-2-9-4-5(13)10-7(8)11-6(4)15/h2H,1H3,(H,12,14)(H3,8,10,11,15). The van der Waals surface area contributed by atoms with E-state index in [1.165, 1.54) is 17.9 Å². The van der Waals surface area contributed by atoms with Crippen LogP contribution in [0.4, 0.5) is 5.95 Å². The molecule has 2 rings (SSSR count). The van der Waals surface area contributed by atoms with Gasteiger partial charge in [-0.15, -0.1) is 0 Å². The van der Waals surface area contributed by atoms with Crippen LogP contribution in [0.3, 0.4) is 0 Å². The number of amides is 1. The Balaban J connectivity index is 2.68. The number of imidazole rings is 1. The molecule has 0 unspecified atom stereocenters. The zero-order valence-electron chi connectivity index (χ0n) is 7.81. The van der Waals surface area contributed by atoms with Gasteiger partial charge >= 0.3 is 0 Å². The van der Waals surface area contributed by atoms with Gasteiger partial charge in [0.15, 0.2) is 11.2 Å². The molecular weight excluding hydrogens is 200 g/mol. The molecule has 0 aromatic carbocycles. The van der Waals surface area contributed by atoms with Crippen molar-refractivity contribution in [3.8, 4) is 0 Å². The fraction of sp³-hybridized carbons (Fsp3) is 0.143. The summed E-state index contributed by atoms with van der Waals surface area (Å²) in [5.74, 6) is -0.324. The van der Waals surface area contributed by atoms with Crippen LogP contribution in [-0.4, -0.2) is 25.5 Å². The van der Waals surface area contributed by atoms with Crippen LogP contribution >= 0.6 is 0 Å². The van der Waals surface area contributed by atoms with E-state index in [1.807, 2.05) is 0 Å². The van der Waals surface area contributed by atoms with Crippen molar-refractivity contribution in [2.24, 2.45) is 0 Å². The molecule has 15 heavy (non-hydrogen) atoms. The maximum Gasteiger partial charge on any atom is 0.280 e. The van der Waals surface area contributed by atoms with Crippen molar-refractivity contribution in [3.63, 3.8) is 0 Å². The molecule has 0 aliphatic carbocycles. The molecule has 2 aromatic rings. The lowest BCUT2D eigenvalue weighted by molar-refractivity contribution is -0.115. The lowest BCUT2D eigenvalue weighted by atomic mass is 10.5. The zero-order chi connectivity index (χ0) is 11.0. The number of carbonyl (C=O) groups excluding carboxylic acids is 1. The summed E-state index contributed by atoms with van der Waals surface area (Å²) in [6, 6.07) is 0. The van der Waals surface area contributed by atoms with Gasteiger partial charge in [0.2, 0.25) is 11.9 Å². The number of nitrogens with zero attached hydrogens (tertiary/aromatic N) is 3. The van der Waals surface area contributed by atoms with Crippen molar-refractivity contribution < 1.29 is 4.79 Å². The van der Waals surface area contributed by atoms with Crippen LogP contribution in [0.15, 0.2) is 11.1 Å². The van der Waals surface area contributed by atoms with Gasteiger partial charge in [0, 0.05) is 6.92 Å². The number of fused-ring (bicyclic) bond motifs is 1. The van der Waals surface area contributed by atoms with Crippen molar-refractivity contribution >= 4 is 23.0 Å². The van der Waals surface area contributed by atoms with Gasteiger partial charge in [-0.05, 0) is 0 Å². The van der Waals surface area contributed by atoms with Crippen LogP contribution in [0.5, 0.6) is 0 Å². The monoisotopic (exact) mass is 208 g/mol. The summed E-state index contributed by atoms with van der Waals surface area (Å²) in [6.45, 7) is 1.34. The smallest absolute Gasteiger partial charge is 0.280 e. The predicted octanol–water partition coefficient (Wildman–Crippen LogP) is -1.21. The first kappa shape index (κ1) is 9.19. The topological polar surface area (TPSA) is 119 Å². The quantitative estimate of drug-likeness (QED) is 0.543. The zero-order valence-corrected chi connectivity index (χ0v) is 7.81. The highest BCUT2D eigenvalue weighted by atomic mass is 16.2. The number of rotatable bonds is 1. The van der Waals surface area contributed by atoms with Gasteiger partial charge in [-0.3, -0.25) is 20.0 Å². The van der Waals surface area contributed by atoms with E-state index in [-0.39, 0.29) is 23.0 Å². The van der Waals surface area contributed by atoms with Crippen molar-refractivity contribution in [1.82, 2.24) is 19.6 Å². The number of carbonyl (C=O) groups is 1. The summed E-state index contributed by atoms with van der Waals surface area (Å²) < 4.78 is 1.24. The van der Waals surface area contributed by atoms with Crippen LogP contribution < -0.4 is 16.7 Å². The van der Waals surface area contributed by atoms with Crippen LogP contribution in [0.1, 0.15) is 6.92 Å². The number of H-pyrrole nitrogens is 1. The average molecular weight is 208 g/mol. The van der Waals surface area contributed by atoms with Crippen molar-refractivity contribution in [3.05, 3.63) is 16.7 Å². The third-order valence-corrected chi connectivity index (χ3v) is 1.70. The highest BCUT2D eigenvalue weighted by Crippen LogP contribution is 2.03. The number of hydrogen-bond acceptors (Lipinski definition) is 5. The SMILES string of the molecule is CC(=O)Nn1cnc2c(=O)[nH]c(N)nc21. The molecule has 0 atom stereocenters. The summed E-state index contributed by atoms with van der Waals surface area (Å²) in [5, 5.41) is 0. The van der Waals surface area contributed by atoms with E-state index < -0.39 is 5.56 Å². The van der Waals surface area contributed by atoms with E-state index in [4.69, 9.17) is 5.73 Å². The lowest BCUT2D eigenvalue weighted by Gasteiger charge is -2.02. The molecule has 78 valence electrons. The van der Waals surface area contributed by atoms with E-state index in [1.54, 1.807) is 0 Å². The molecule has 0 aliphatic heterocycles. The Labute approximate surface area is 83.1 Å². The third-order valence-electron chi connectivity index (χ3n) is 1.70. The lowest BCUT2D eigenvalue weighted by Crippen LogP contribution is -2.20. The Morgan fingerprint density at radius 1 is 1.67 bits per heavy atom. The van der Waals surface area contributed by atoms with Crippen LogP contribution in [0.2, 0.25) is 0 Å². The van der Waals surface area contributed by atoms with Crippen molar-refractivity contribution in [2.45, 2.75) is 6.92 Å². The number of nitrogens with one attached hydrogen (secondary N) is 2. The largest absolute Gasteiger partial charge is 0.369 e. The second kappa shape index (κ2) is 3.08. The average Bonchev–Trinajstić information content (AvgIpc) is 2.48. The molecule has 0 fully saturated rings. The normalized spacial score (nSPS) is 10.5. The number of anilines is 1. The predicted molar refractivity (Wildman–Crippen MR) is 52.6 cm³/mol. The van der Waals surface area contributed by atoms with Gasteiger partial charge in [-0.25, -0.2) is 9.66 Å². The number of nitrogen functional groups attached to an aromatic ring is 1. The molecule has 2 aromatic heterocycles. The molecule has 8 heteroatoms. The van der Waals surface area contributed by atoms with E-state index >= 15 is 0 Å². The highest BCUT2D eigenvalue weighted by Gasteiger charge is 2.09. The first-order chi connectivity index (χ1) is 7.08. The molecular formula is C7H8N6O2. The molecule has 0 bridgehead atoms. The molecule has 1 amide bonds. The highest BCUT2D eigenvalue weighted by molar-refractivity contribution is 5.83. The molecule has 0 spiro atoms. The third kappa shape index (κ3) is 1.52. The Morgan fingerprint density at radius 2 is 2.40 bits per heavy atom. The van der Waals surface area contributed by atoms with Gasteiger partial charge in [-0.1, -0.05) is 0 Å². The molecule has 8 nitrogen and oxygen atoms in total. The summed E-state index contributed by atoms with van der Waals surface area (Å²) in [7, 11) is 0. The van der Waals surface area contributed by atoms with Crippen molar-refractivity contribution in [2.75, 3.05) is 11.2 Å². The second-order valence-electron chi connectivity index (χ2n) is 2.91. The van der Waals surface area contributed by atoms with Gasteiger partial charge in [0.05, 0.1) is 0 Å². The number of aromatic amines is 1.